The van der Waals surface area contributed by atoms with Gasteiger partial charge in [-0.15, -0.1) is 0 Å². The number of hydrogen-bond acceptors (Lipinski definition) is 6. The van der Waals surface area contributed by atoms with Gasteiger partial charge in [0.05, 0.1) is 25.2 Å². The van der Waals surface area contributed by atoms with Gasteiger partial charge in [-0.05, 0) is 12.1 Å². The fraction of sp³-hybridized carbons (Fsp3) is 0.588. The Kier molecular flexibility index (Phi) is 6.03. The van der Waals surface area contributed by atoms with Gasteiger partial charge >= 0.3 is 0 Å². The molecule has 3 heterocycles. The number of furan rings is 1. The molecule has 7 heteroatoms. The van der Waals surface area contributed by atoms with Crippen molar-refractivity contribution in [2.45, 2.75) is 19.3 Å². The number of rotatable bonds is 8. The number of aromatic nitrogens is 2. The summed E-state index contributed by atoms with van der Waals surface area (Å²) >= 11 is 0. The fourth-order valence-corrected chi connectivity index (χ4v) is 2.98. The summed E-state index contributed by atoms with van der Waals surface area (Å²) in [7, 11) is 1.94. The predicted molar refractivity (Wildman–Crippen MR) is 89.3 cm³/mol. The highest BCUT2D eigenvalue weighted by molar-refractivity contribution is 5.03. The van der Waals surface area contributed by atoms with Crippen molar-refractivity contribution in [2.24, 2.45) is 7.05 Å². The van der Waals surface area contributed by atoms with Gasteiger partial charge in [-0.1, -0.05) is 0 Å². The lowest BCUT2D eigenvalue weighted by atomic mass is 10.2. The number of aryl methyl sites for hydroxylation is 1. The van der Waals surface area contributed by atoms with Crippen molar-refractivity contribution < 1.29 is 14.3 Å². The minimum Gasteiger partial charge on any atom is -0.467 e. The molecule has 1 unspecified atom stereocenters. The largest absolute Gasteiger partial charge is 0.467 e. The van der Waals surface area contributed by atoms with Crippen LogP contribution in [0, 0.1) is 0 Å². The van der Waals surface area contributed by atoms with Gasteiger partial charge in [0.25, 0.3) is 0 Å². The van der Waals surface area contributed by atoms with Crippen LogP contribution < -0.4 is 0 Å². The number of hydrogen-bond donors (Lipinski definition) is 1. The Bertz CT molecular complexity index is 591. The van der Waals surface area contributed by atoms with E-state index in [1.54, 1.807) is 6.26 Å². The van der Waals surface area contributed by atoms with Crippen molar-refractivity contribution in [2.75, 3.05) is 39.3 Å². The van der Waals surface area contributed by atoms with E-state index >= 15 is 0 Å². The fourth-order valence-electron chi connectivity index (χ4n) is 2.98. The molecule has 0 bridgehead atoms. The molecule has 0 aromatic carbocycles. The molecule has 1 atom stereocenters. The van der Waals surface area contributed by atoms with E-state index in [1.165, 1.54) is 5.56 Å². The van der Waals surface area contributed by atoms with Crippen LogP contribution in [0.3, 0.4) is 0 Å². The summed E-state index contributed by atoms with van der Waals surface area (Å²) in [6.07, 6.45) is 5.14. The Labute approximate surface area is 142 Å². The molecular weight excluding hydrogens is 308 g/mol. The molecule has 1 N–H and O–H groups in total. The normalized spacial score (nSPS) is 18.1. The first kappa shape index (κ1) is 17.2. The SMILES string of the molecule is Cn1cc(CN2CCN(CC(O)COCc3ccco3)CC2)cn1. The highest BCUT2D eigenvalue weighted by Gasteiger charge is 2.19. The quantitative estimate of drug-likeness (QED) is 0.767. The molecule has 0 saturated carbocycles. The van der Waals surface area contributed by atoms with Gasteiger partial charge in [-0.2, -0.15) is 5.10 Å². The van der Waals surface area contributed by atoms with Crippen LogP contribution in [0.1, 0.15) is 11.3 Å². The van der Waals surface area contributed by atoms with Gasteiger partial charge in [0.1, 0.15) is 12.4 Å². The first-order chi connectivity index (χ1) is 11.7. The van der Waals surface area contributed by atoms with Crippen LogP contribution in [0.5, 0.6) is 0 Å². The molecule has 7 nitrogen and oxygen atoms in total. The van der Waals surface area contributed by atoms with Crippen molar-refractivity contribution >= 4 is 0 Å². The molecule has 2 aromatic heterocycles. The summed E-state index contributed by atoms with van der Waals surface area (Å²) in [5.41, 5.74) is 1.25. The van der Waals surface area contributed by atoms with Crippen molar-refractivity contribution in [3.8, 4) is 0 Å². The lowest BCUT2D eigenvalue weighted by Gasteiger charge is -2.35. The number of ether oxygens (including phenoxy) is 1. The summed E-state index contributed by atoms with van der Waals surface area (Å²) in [4.78, 5) is 4.72. The highest BCUT2D eigenvalue weighted by atomic mass is 16.5. The average Bonchev–Trinajstić information content (AvgIpc) is 3.21. The smallest absolute Gasteiger partial charge is 0.129 e. The average molecular weight is 334 g/mol. The Morgan fingerprint density at radius 3 is 2.75 bits per heavy atom. The monoisotopic (exact) mass is 334 g/mol. The van der Waals surface area contributed by atoms with Gasteiger partial charge in [0.2, 0.25) is 0 Å². The van der Waals surface area contributed by atoms with E-state index < -0.39 is 6.10 Å². The number of piperazine rings is 1. The van der Waals surface area contributed by atoms with Gasteiger partial charge in [0, 0.05) is 58.1 Å². The molecular formula is C17H26N4O3. The topological polar surface area (TPSA) is 66.9 Å². The minimum atomic E-state index is -0.468. The standard InChI is InChI=1S/C17H26N4O3/c1-19-10-15(9-18-19)11-20-4-6-21(7-5-20)12-16(22)13-23-14-17-3-2-8-24-17/h2-3,8-10,16,22H,4-7,11-14H2,1H3. The van der Waals surface area contributed by atoms with Crippen LogP contribution in [-0.2, 0) is 24.9 Å². The maximum atomic E-state index is 10.1. The van der Waals surface area contributed by atoms with Crippen LogP contribution in [0.2, 0.25) is 0 Å². The predicted octanol–water partition coefficient (Wildman–Crippen LogP) is 0.708. The highest BCUT2D eigenvalue weighted by Crippen LogP contribution is 2.09. The Morgan fingerprint density at radius 1 is 1.29 bits per heavy atom. The molecule has 1 fully saturated rings. The molecule has 132 valence electrons. The third-order valence-corrected chi connectivity index (χ3v) is 4.23. The molecule has 3 rings (SSSR count). The Hall–Kier alpha value is -1.67. The number of aliphatic hydroxyl groups excluding tert-OH is 1. The van der Waals surface area contributed by atoms with Crippen LogP contribution in [0.4, 0.5) is 0 Å². The van der Waals surface area contributed by atoms with Crippen LogP contribution in [0.25, 0.3) is 0 Å². The van der Waals surface area contributed by atoms with Crippen LogP contribution in [-0.4, -0.2) is 70.1 Å². The summed E-state index contributed by atoms with van der Waals surface area (Å²) in [5.74, 6) is 0.784. The van der Waals surface area contributed by atoms with Gasteiger partial charge in [0.15, 0.2) is 0 Å². The maximum Gasteiger partial charge on any atom is 0.129 e. The van der Waals surface area contributed by atoms with E-state index in [4.69, 9.17) is 9.15 Å². The van der Waals surface area contributed by atoms with Crippen molar-refractivity contribution in [3.63, 3.8) is 0 Å². The second-order valence-electron chi connectivity index (χ2n) is 6.35. The lowest BCUT2D eigenvalue weighted by molar-refractivity contribution is -0.00308. The molecule has 2 aromatic rings. The summed E-state index contributed by atoms with van der Waals surface area (Å²) in [6.45, 7) is 6.28. The van der Waals surface area contributed by atoms with E-state index in [-0.39, 0.29) is 0 Å². The van der Waals surface area contributed by atoms with E-state index in [9.17, 15) is 5.11 Å². The van der Waals surface area contributed by atoms with Gasteiger partial charge in [-0.25, -0.2) is 0 Å². The van der Waals surface area contributed by atoms with Crippen molar-refractivity contribution in [1.29, 1.82) is 0 Å². The molecule has 0 radical (unpaired) electrons. The van der Waals surface area contributed by atoms with Crippen molar-refractivity contribution in [1.82, 2.24) is 19.6 Å². The van der Waals surface area contributed by atoms with Crippen LogP contribution >= 0.6 is 0 Å². The van der Waals surface area contributed by atoms with E-state index in [1.807, 2.05) is 30.1 Å². The lowest BCUT2D eigenvalue weighted by Crippen LogP contribution is -2.48. The first-order valence-electron chi connectivity index (χ1n) is 8.39. The first-order valence-corrected chi connectivity index (χ1v) is 8.39. The van der Waals surface area contributed by atoms with Crippen molar-refractivity contribution in [3.05, 3.63) is 42.1 Å². The number of aliphatic hydroxyl groups is 1. The number of β-amino-alcohol motifs (C(OH)–C–C–N with tert-alkyl or cyclic N) is 1. The maximum absolute atomic E-state index is 10.1. The Balaban J connectivity index is 1.31. The van der Waals surface area contributed by atoms with E-state index in [0.717, 1.165) is 38.5 Å². The van der Waals surface area contributed by atoms with Gasteiger partial charge < -0.3 is 14.3 Å². The molecule has 1 aliphatic rings. The number of nitrogens with zero attached hydrogens (tertiary/aromatic N) is 4. The Morgan fingerprint density at radius 2 is 2.08 bits per heavy atom. The molecule has 0 amide bonds. The molecule has 1 saturated heterocycles. The summed E-state index contributed by atoms with van der Waals surface area (Å²) in [6, 6.07) is 3.70. The van der Waals surface area contributed by atoms with Gasteiger partial charge in [-0.3, -0.25) is 14.5 Å². The molecule has 0 aliphatic carbocycles. The third-order valence-electron chi connectivity index (χ3n) is 4.23. The third kappa shape index (κ3) is 5.17. The second kappa shape index (κ2) is 8.43. The van der Waals surface area contributed by atoms with E-state index in [0.29, 0.717) is 19.8 Å². The minimum absolute atomic E-state index is 0.330. The molecule has 24 heavy (non-hydrogen) atoms. The summed E-state index contributed by atoms with van der Waals surface area (Å²) in [5, 5.41) is 14.3. The zero-order valence-corrected chi connectivity index (χ0v) is 14.2. The summed E-state index contributed by atoms with van der Waals surface area (Å²) < 4.78 is 12.5. The second-order valence-corrected chi connectivity index (χ2v) is 6.35. The molecule has 0 spiro atoms. The zero-order chi connectivity index (χ0) is 16.8. The van der Waals surface area contributed by atoms with Crippen LogP contribution in [0.15, 0.2) is 35.2 Å². The zero-order valence-electron chi connectivity index (χ0n) is 14.2. The molecule has 1 aliphatic heterocycles. The van der Waals surface area contributed by atoms with E-state index in [2.05, 4.69) is 21.1 Å².